The van der Waals surface area contributed by atoms with E-state index in [0.29, 0.717) is 11.2 Å². The van der Waals surface area contributed by atoms with Crippen LogP contribution in [-0.2, 0) is 4.79 Å². The molecule has 7 atom stereocenters. The Balaban J connectivity index is 1.65. The minimum Gasteiger partial charge on any atom is -0.320 e. The smallest absolute Gasteiger partial charge is 0.133 e. The van der Waals surface area contributed by atoms with Gasteiger partial charge in [-0.25, -0.2) is 0 Å². The molecule has 4 fully saturated rings. The van der Waals surface area contributed by atoms with Gasteiger partial charge < -0.3 is 4.48 Å². The maximum Gasteiger partial charge on any atom is 0.133 e. The topological polar surface area (TPSA) is 17.1 Å². The zero-order chi connectivity index (χ0) is 14.8. The number of carbonyl (C=O) groups excluding carboxylic acids is 1. The van der Waals surface area contributed by atoms with Crippen molar-refractivity contribution >= 4 is 5.78 Å². The van der Waals surface area contributed by atoms with Crippen molar-refractivity contribution in [3.8, 4) is 0 Å². The Bertz CT molecular complexity index is 460. The van der Waals surface area contributed by atoms with E-state index in [1.54, 1.807) is 0 Å². The summed E-state index contributed by atoms with van der Waals surface area (Å²) in [7, 11) is 2.58. The van der Waals surface area contributed by atoms with E-state index in [1.807, 2.05) is 0 Å². The molecule has 2 heteroatoms. The predicted molar refractivity (Wildman–Crippen MR) is 84.8 cm³/mol. The summed E-state index contributed by atoms with van der Waals surface area (Å²) in [5.74, 6) is 3.03. The van der Waals surface area contributed by atoms with E-state index in [1.165, 1.54) is 49.6 Å². The van der Waals surface area contributed by atoms with Crippen LogP contribution in [0.1, 0.15) is 65.2 Å². The average molecular weight is 290 g/mol. The number of hydrogen-bond donors (Lipinski definition) is 0. The first-order valence-corrected chi connectivity index (χ1v) is 9.32. The minimum atomic E-state index is 0.544. The van der Waals surface area contributed by atoms with Gasteiger partial charge in [-0.15, -0.1) is 0 Å². The highest BCUT2D eigenvalue weighted by Gasteiger charge is 2.62. The van der Waals surface area contributed by atoms with Crippen LogP contribution >= 0.6 is 0 Å². The van der Waals surface area contributed by atoms with Gasteiger partial charge in [-0.2, -0.15) is 0 Å². The van der Waals surface area contributed by atoms with E-state index in [9.17, 15) is 4.79 Å². The van der Waals surface area contributed by atoms with Gasteiger partial charge in [-0.1, -0.05) is 13.8 Å². The van der Waals surface area contributed by atoms with Crippen LogP contribution in [-0.4, -0.2) is 35.9 Å². The summed E-state index contributed by atoms with van der Waals surface area (Å²) in [4.78, 5) is 11.8. The van der Waals surface area contributed by atoms with Gasteiger partial charge in [0.05, 0.1) is 25.7 Å². The first-order valence-electron chi connectivity index (χ1n) is 9.32. The second kappa shape index (κ2) is 4.57. The van der Waals surface area contributed by atoms with Gasteiger partial charge in [-0.05, 0) is 31.1 Å². The number of carbonyl (C=O) groups is 1. The van der Waals surface area contributed by atoms with Gasteiger partial charge >= 0.3 is 0 Å². The highest BCUT2D eigenvalue weighted by molar-refractivity contribution is 5.79. The third-order valence-electron chi connectivity index (χ3n) is 8.54. The molecule has 2 aliphatic carbocycles. The molecule has 2 nitrogen and oxygen atoms in total. The van der Waals surface area contributed by atoms with Gasteiger partial charge in [-0.3, -0.25) is 4.79 Å². The number of Topliss-reactive ketones (excluding diaryl/α,β-unsaturated/α-hetero) is 1. The first kappa shape index (κ1) is 14.2. The van der Waals surface area contributed by atoms with Crippen LogP contribution in [0.4, 0.5) is 0 Å². The molecule has 0 N–H and O–H groups in total. The van der Waals surface area contributed by atoms with Crippen molar-refractivity contribution in [2.45, 2.75) is 77.3 Å². The fraction of sp³-hybridized carbons (Fsp3) is 0.947. The molecule has 2 saturated carbocycles. The Hall–Kier alpha value is -0.370. The summed E-state index contributed by atoms with van der Waals surface area (Å²) in [6.45, 7) is 6.43. The van der Waals surface area contributed by atoms with Crippen LogP contribution in [0.5, 0.6) is 0 Å². The molecule has 21 heavy (non-hydrogen) atoms. The van der Waals surface area contributed by atoms with Crippen LogP contribution < -0.4 is 0 Å². The first-order chi connectivity index (χ1) is 9.95. The number of hydrogen-bond acceptors (Lipinski definition) is 1. The van der Waals surface area contributed by atoms with Crippen LogP contribution in [0.3, 0.4) is 0 Å². The van der Waals surface area contributed by atoms with Crippen molar-refractivity contribution in [2.75, 3.05) is 13.6 Å². The molecule has 0 aromatic heterocycles. The molecule has 0 amide bonds. The summed E-state index contributed by atoms with van der Waals surface area (Å²) in [5.41, 5.74) is 0.586. The number of quaternary nitrogens is 1. The lowest BCUT2D eigenvalue weighted by molar-refractivity contribution is -0.977. The van der Waals surface area contributed by atoms with Gasteiger partial charge in [0.25, 0.3) is 0 Å². The van der Waals surface area contributed by atoms with Crippen LogP contribution in [0, 0.1) is 23.2 Å². The van der Waals surface area contributed by atoms with E-state index in [4.69, 9.17) is 0 Å². The third-order valence-corrected chi connectivity index (χ3v) is 8.54. The third kappa shape index (κ3) is 1.84. The fourth-order valence-electron chi connectivity index (χ4n) is 7.11. The number of nitrogens with zero attached hydrogens (tertiary/aromatic N) is 1. The normalized spacial score (nSPS) is 56.5. The van der Waals surface area contributed by atoms with E-state index in [2.05, 4.69) is 20.9 Å². The highest BCUT2D eigenvalue weighted by atomic mass is 16.1. The van der Waals surface area contributed by atoms with Crippen molar-refractivity contribution in [3.63, 3.8) is 0 Å². The van der Waals surface area contributed by atoms with Crippen molar-refractivity contribution in [1.29, 1.82) is 0 Å². The molecule has 2 saturated heterocycles. The predicted octanol–water partition coefficient (Wildman–Crippen LogP) is 3.79. The standard InChI is InChI=1S/C19H32NO/c1-13-4-7-18-19(13,2)10-8-17-16-6-5-15(21)12-14(16)9-11-20(17,18)3/h13-14,16-18H,4-12H2,1-3H3/q+1. The molecule has 118 valence electrons. The molecule has 4 aliphatic rings. The average Bonchev–Trinajstić information content (AvgIpc) is 2.75. The minimum absolute atomic E-state index is 0.544. The summed E-state index contributed by atoms with van der Waals surface area (Å²) >= 11 is 0. The Morgan fingerprint density at radius 2 is 1.95 bits per heavy atom. The number of fused-ring (bicyclic) bond motifs is 5. The van der Waals surface area contributed by atoms with E-state index in [-0.39, 0.29) is 0 Å². The molecule has 2 heterocycles. The van der Waals surface area contributed by atoms with Gasteiger partial charge in [0.2, 0.25) is 0 Å². The molecule has 2 aliphatic heterocycles. The lowest BCUT2D eigenvalue weighted by atomic mass is 9.61. The van der Waals surface area contributed by atoms with E-state index >= 15 is 0 Å². The lowest BCUT2D eigenvalue weighted by Gasteiger charge is -2.62. The fourth-order valence-corrected chi connectivity index (χ4v) is 7.11. The number of rotatable bonds is 0. The molecule has 0 spiro atoms. The van der Waals surface area contributed by atoms with Crippen LogP contribution in [0.15, 0.2) is 0 Å². The Labute approximate surface area is 129 Å². The second-order valence-corrected chi connectivity index (χ2v) is 9.17. The molecule has 7 unspecified atom stereocenters. The summed E-state index contributed by atoms with van der Waals surface area (Å²) in [5, 5.41) is 0. The Morgan fingerprint density at radius 1 is 1.14 bits per heavy atom. The molecule has 0 radical (unpaired) electrons. The van der Waals surface area contributed by atoms with Crippen molar-refractivity contribution in [2.24, 2.45) is 23.2 Å². The lowest BCUT2D eigenvalue weighted by Crippen LogP contribution is -2.71. The van der Waals surface area contributed by atoms with E-state index in [0.717, 1.165) is 42.7 Å². The van der Waals surface area contributed by atoms with Gasteiger partial charge in [0.1, 0.15) is 5.78 Å². The zero-order valence-electron chi connectivity index (χ0n) is 14.1. The number of piperidine rings is 2. The van der Waals surface area contributed by atoms with Crippen LogP contribution in [0.25, 0.3) is 0 Å². The van der Waals surface area contributed by atoms with Crippen molar-refractivity contribution in [3.05, 3.63) is 0 Å². The van der Waals surface area contributed by atoms with Crippen LogP contribution in [0.2, 0.25) is 0 Å². The second-order valence-electron chi connectivity index (χ2n) is 9.17. The van der Waals surface area contributed by atoms with Crippen molar-refractivity contribution in [1.82, 2.24) is 0 Å². The number of ketones is 1. The molecule has 0 aromatic rings. The Kier molecular flexibility index (Phi) is 3.10. The van der Waals surface area contributed by atoms with Gasteiger partial charge in [0.15, 0.2) is 0 Å². The monoisotopic (exact) mass is 290 g/mol. The highest BCUT2D eigenvalue weighted by Crippen LogP contribution is 2.58. The van der Waals surface area contributed by atoms with Crippen molar-refractivity contribution < 1.29 is 9.28 Å². The summed E-state index contributed by atoms with van der Waals surface area (Å²) in [6.07, 6.45) is 10.0. The molecular formula is C19H32NO+. The molecule has 0 aromatic carbocycles. The largest absolute Gasteiger partial charge is 0.320 e. The summed E-state index contributed by atoms with van der Waals surface area (Å²) in [6, 6.07) is 1.75. The SMILES string of the molecule is CC1CCC2C1(C)CCC1C3CCC(=O)CC3CC[N+]12C. The maximum absolute atomic E-state index is 11.8. The molecular weight excluding hydrogens is 258 g/mol. The Morgan fingerprint density at radius 3 is 2.76 bits per heavy atom. The van der Waals surface area contributed by atoms with Gasteiger partial charge in [0, 0.05) is 43.4 Å². The van der Waals surface area contributed by atoms with E-state index < -0.39 is 0 Å². The quantitative estimate of drug-likeness (QED) is 0.620. The molecule has 0 bridgehead atoms. The zero-order valence-corrected chi connectivity index (χ0v) is 14.1. The maximum atomic E-state index is 11.8. The summed E-state index contributed by atoms with van der Waals surface area (Å²) < 4.78 is 1.36. The molecule has 4 rings (SSSR count).